The molecule has 0 saturated heterocycles. The Balaban J connectivity index is -0.000000167. The first-order chi connectivity index (χ1) is 24.2. The van der Waals surface area contributed by atoms with Crippen molar-refractivity contribution >= 4 is 44.7 Å². The number of ether oxygens (including phenoxy) is 5. The summed E-state index contributed by atoms with van der Waals surface area (Å²) in [6, 6.07) is 2.31. The van der Waals surface area contributed by atoms with Gasteiger partial charge >= 0.3 is 52.7 Å². The smallest absolute Gasteiger partial charge is 0.743 e. The van der Waals surface area contributed by atoms with Gasteiger partial charge in [0.2, 0.25) is 0 Å². The maximum absolute atomic E-state index is 12.9. The van der Waals surface area contributed by atoms with Crippen LogP contribution in [0.15, 0.2) is 0 Å². The van der Waals surface area contributed by atoms with Gasteiger partial charge in [-0.25, -0.2) is 8.42 Å². The van der Waals surface area contributed by atoms with Crippen molar-refractivity contribution in [3.8, 4) is 0 Å². The first kappa shape index (κ1) is 67.3. The van der Waals surface area contributed by atoms with Gasteiger partial charge in [-0.15, -0.1) is 0 Å². The summed E-state index contributed by atoms with van der Waals surface area (Å²) in [6.07, 6.45) is 3.12. The van der Waals surface area contributed by atoms with Crippen LogP contribution >= 0.6 is 0 Å². The third-order valence-corrected chi connectivity index (χ3v) is 17.0. The molecule has 3 unspecified atom stereocenters. The second-order valence-corrected chi connectivity index (χ2v) is 25.2. The van der Waals surface area contributed by atoms with Crippen LogP contribution < -0.4 is 29.6 Å². The van der Waals surface area contributed by atoms with Crippen LogP contribution in [-0.4, -0.2) is 98.5 Å². The number of hydrogen-bond acceptors (Lipinski definition) is 12. The van der Waals surface area contributed by atoms with Crippen LogP contribution in [-0.2, 0) is 52.3 Å². The van der Waals surface area contributed by atoms with E-state index in [4.69, 9.17) is 23.1 Å². The van der Waals surface area contributed by atoms with Crippen LogP contribution in [0.5, 0.6) is 0 Å². The molecule has 0 spiro atoms. The van der Waals surface area contributed by atoms with Gasteiger partial charge in [0.15, 0.2) is 32.9 Å². The fraction of sp³-hybridized carbons (Fsp3) is 0.921. The topological polar surface area (TPSA) is 164 Å². The molecule has 56 heavy (non-hydrogen) atoms. The summed E-state index contributed by atoms with van der Waals surface area (Å²) < 4.78 is 87.9. The van der Waals surface area contributed by atoms with Gasteiger partial charge in [-0.3, -0.25) is 14.4 Å². The third kappa shape index (κ3) is 32.4. The molecule has 0 aromatic carbocycles. The second kappa shape index (κ2) is 34.2. The minimum Gasteiger partial charge on any atom is -0.743 e. The van der Waals surface area contributed by atoms with E-state index in [-0.39, 0.29) is 67.7 Å². The molecule has 0 amide bonds. The van der Waals surface area contributed by atoms with Gasteiger partial charge in [-0.1, -0.05) is 69.2 Å². The summed E-state index contributed by atoms with van der Waals surface area (Å²) in [5.74, 6) is -1.83. The Morgan fingerprint density at radius 3 is 1.59 bits per heavy atom. The molecule has 0 aliphatic carbocycles. The van der Waals surface area contributed by atoms with E-state index in [1.165, 1.54) is 25.8 Å². The van der Waals surface area contributed by atoms with Crippen LogP contribution in [0, 0.1) is 17.3 Å². The van der Waals surface area contributed by atoms with Gasteiger partial charge < -0.3 is 32.4 Å². The Morgan fingerprint density at radius 2 is 1.16 bits per heavy atom. The first-order valence-electron chi connectivity index (χ1n) is 18.9. The molecule has 0 fully saturated rings. The van der Waals surface area contributed by atoms with Gasteiger partial charge in [0.25, 0.3) is 0 Å². The Kier molecular flexibility index (Phi) is 41.1. The van der Waals surface area contributed by atoms with Crippen LogP contribution in [0.3, 0.4) is 0 Å². The Labute approximate surface area is 365 Å². The van der Waals surface area contributed by atoms with Crippen molar-refractivity contribution in [2.75, 3.05) is 39.6 Å². The van der Waals surface area contributed by atoms with Crippen LogP contribution in [0.2, 0.25) is 38.3 Å². The van der Waals surface area contributed by atoms with Crippen molar-refractivity contribution in [1.29, 1.82) is 0 Å². The van der Waals surface area contributed by atoms with E-state index in [1.807, 2.05) is 41.5 Å². The van der Waals surface area contributed by atoms with Crippen LogP contribution in [0.1, 0.15) is 123 Å². The summed E-state index contributed by atoms with van der Waals surface area (Å²) >= 11 is 0. The molecule has 0 rings (SSSR count). The summed E-state index contributed by atoms with van der Waals surface area (Å²) in [4.78, 5) is 34.2. The number of alkyl halides is 2. The molecule has 3 atom stereocenters. The molecule has 12 nitrogen and oxygen atoms in total. The number of rotatable bonds is 25. The van der Waals surface area contributed by atoms with Crippen molar-refractivity contribution in [2.45, 2.75) is 172 Å². The summed E-state index contributed by atoms with van der Waals surface area (Å²) in [5.41, 5.74) is -0.363. The second-order valence-electron chi connectivity index (χ2n) is 14.9. The molecule has 0 aliphatic rings. The quantitative estimate of drug-likeness (QED) is 0.0318. The number of esters is 3. The molecule has 0 saturated carbocycles. The van der Waals surface area contributed by atoms with E-state index >= 15 is 0 Å². The van der Waals surface area contributed by atoms with E-state index in [0.717, 1.165) is 25.3 Å². The number of unbranched alkanes of at least 4 members (excludes halogenated alkanes) is 1. The molecule has 0 aromatic rings. The maximum Gasteiger partial charge on any atom is 1.00 e. The zero-order valence-electron chi connectivity index (χ0n) is 36.2. The molecule has 0 radical (unpaired) electrons. The molecular weight excluding hydrogens is 798 g/mol. The average Bonchev–Trinajstić information content (AvgIpc) is 3.07. The van der Waals surface area contributed by atoms with E-state index in [9.17, 15) is 36.1 Å². The summed E-state index contributed by atoms with van der Waals surface area (Å²) in [6.45, 7) is 30.1. The molecule has 334 valence electrons. The number of carbonyl (C=O) groups excluding carboxylic acids is 3. The van der Waals surface area contributed by atoms with Gasteiger partial charge in [0.05, 0.1) is 43.7 Å². The Bertz CT molecular complexity index is 1130. The number of carbonyl (C=O) groups is 3. The zero-order chi connectivity index (χ0) is 42.1. The normalized spacial score (nSPS) is 13.3. The molecule has 0 bridgehead atoms. The fourth-order valence-corrected chi connectivity index (χ4v) is 13.5. The standard InChI is InChI=1S/C17H38O3Si2.C11H22O4.C8H14F2O5S.2CH4.Na/c1-9-11-14-21(5,6)20-22(7,8)15-12-13-19-16(18)17(3,4)10-2;1-4-10(3)11(12)15-9-8-14-7-6-13-5-2;1-4-5(2)7(11)15-6(3)8(9,10)16(12,13)14;;;/h9-15H2,1-8H3;10H,4-9H2,1-3H3;5-6H,4H2,1-3H3,(H,12,13,14);2*1H4;/q;;;;;+1/p-1. The third-order valence-electron chi connectivity index (χ3n) is 8.45. The molecule has 0 aliphatic heterocycles. The van der Waals surface area contributed by atoms with Gasteiger partial charge in [-0.2, -0.15) is 8.78 Å². The van der Waals surface area contributed by atoms with Crippen molar-refractivity contribution in [1.82, 2.24) is 0 Å². The van der Waals surface area contributed by atoms with Crippen LogP contribution in [0.4, 0.5) is 8.78 Å². The van der Waals surface area contributed by atoms with Gasteiger partial charge in [-0.05, 0) is 91.7 Å². The van der Waals surface area contributed by atoms with Crippen molar-refractivity contribution in [3.05, 3.63) is 0 Å². The molecule has 0 N–H and O–H groups in total. The van der Waals surface area contributed by atoms with E-state index in [2.05, 4.69) is 37.8 Å². The minimum absolute atomic E-state index is 0. The van der Waals surface area contributed by atoms with Crippen molar-refractivity contribution < 1.29 is 93.5 Å². The van der Waals surface area contributed by atoms with Gasteiger partial charge in [0, 0.05) is 6.61 Å². The zero-order valence-corrected chi connectivity index (χ0v) is 41.0. The van der Waals surface area contributed by atoms with Crippen LogP contribution in [0.25, 0.3) is 0 Å². The molecule has 0 aromatic heterocycles. The van der Waals surface area contributed by atoms with Crippen molar-refractivity contribution in [3.63, 3.8) is 0 Å². The molecule has 18 heteroatoms. The van der Waals surface area contributed by atoms with E-state index in [0.29, 0.717) is 53.0 Å². The largest absolute Gasteiger partial charge is 1.00 e. The molecule has 0 heterocycles. The van der Waals surface area contributed by atoms with Crippen molar-refractivity contribution in [2.24, 2.45) is 17.3 Å². The molecular formula is C38H81F2NaO12SSi2. The van der Waals surface area contributed by atoms with E-state index < -0.39 is 50.0 Å². The monoisotopic (exact) mass is 878 g/mol. The average molecular weight is 879 g/mol. The Morgan fingerprint density at radius 1 is 0.714 bits per heavy atom. The number of halogens is 2. The van der Waals surface area contributed by atoms with Gasteiger partial charge in [0.1, 0.15) is 6.61 Å². The summed E-state index contributed by atoms with van der Waals surface area (Å²) in [7, 11) is -9.01. The Hall–Kier alpha value is -0.506. The maximum atomic E-state index is 12.9. The predicted molar refractivity (Wildman–Crippen MR) is 221 cm³/mol. The van der Waals surface area contributed by atoms with E-state index in [1.54, 1.807) is 6.92 Å². The first-order valence-corrected chi connectivity index (χ1v) is 26.6. The summed E-state index contributed by atoms with van der Waals surface area (Å²) in [5, 5.41) is -4.61. The SMILES string of the molecule is C.C.CCC(C)C(=O)OC(C)C(F)(F)S(=O)(=O)[O-].CCCC[Si](C)(C)O[Si](C)(C)CCCOC(=O)C(C)(C)CC.CCOCCOCCOC(=O)C(C)CC.[Na+]. The minimum atomic E-state index is -5.84. The fourth-order valence-electron chi connectivity index (χ4n) is 4.06. The predicted octanol–water partition coefficient (Wildman–Crippen LogP) is 6.59. The number of hydrogen-bond donors (Lipinski definition) is 0.